The predicted molar refractivity (Wildman–Crippen MR) is 143 cm³/mol. The monoisotopic (exact) mass is 570 g/mol. The summed E-state index contributed by atoms with van der Waals surface area (Å²) < 4.78 is 0. The maximum Gasteiger partial charge on any atom is 0.320 e. The van der Waals surface area contributed by atoms with Gasteiger partial charge in [-0.05, 0) is 42.5 Å². The van der Waals surface area contributed by atoms with E-state index >= 15 is 0 Å². The number of rotatable bonds is 14. The Morgan fingerprint density at radius 1 is 1.02 bits per heavy atom. The summed E-state index contributed by atoms with van der Waals surface area (Å²) in [4.78, 5) is 70.8. The van der Waals surface area contributed by atoms with Gasteiger partial charge in [-0.2, -0.15) is 9.97 Å². The van der Waals surface area contributed by atoms with Gasteiger partial charge in [0.15, 0.2) is 5.78 Å². The molecule has 2 unspecified atom stereocenters. The summed E-state index contributed by atoms with van der Waals surface area (Å²) in [7, 11) is 0. The number of ketones is 1. The van der Waals surface area contributed by atoms with Gasteiger partial charge in [0.1, 0.15) is 17.6 Å². The molecule has 1 amide bonds. The first-order valence-electron chi connectivity index (χ1n) is 12.5. The van der Waals surface area contributed by atoms with Gasteiger partial charge < -0.3 is 42.2 Å². The summed E-state index contributed by atoms with van der Waals surface area (Å²) >= 11 is 0. The van der Waals surface area contributed by atoms with Crippen molar-refractivity contribution in [3.8, 4) is 5.88 Å². The smallest absolute Gasteiger partial charge is 0.320 e. The third-order valence-corrected chi connectivity index (χ3v) is 6.66. The minimum absolute atomic E-state index is 0.0913. The summed E-state index contributed by atoms with van der Waals surface area (Å²) in [5.74, 6) is -8.75. The minimum Gasteiger partial charge on any atom is -0.493 e. The number of nitrogens with one attached hydrogen (secondary N) is 2. The summed E-state index contributed by atoms with van der Waals surface area (Å²) in [6.45, 7) is 1.92. The molecule has 3 aromatic rings. The summed E-state index contributed by atoms with van der Waals surface area (Å²) in [6, 6.07) is 3.10. The maximum atomic E-state index is 13.0. The highest BCUT2D eigenvalue weighted by Gasteiger charge is 2.36. The number of hydrogen-bond donors (Lipinski definition) is 8. The fraction of sp³-hybridized carbons (Fsp3) is 0.346. The number of aromatic hydroxyl groups is 1. The molecule has 2 heterocycles. The van der Waals surface area contributed by atoms with Crippen LogP contribution in [0.3, 0.4) is 0 Å². The van der Waals surface area contributed by atoms with Crippen LogP contribution in [0.5, 0.6) is 5.88 Å². The molecule has 0 spiro atoms. The summed E-state index contributed by atoms with van der Waals surface area (Å²) in [5, 5.41) is 40.7. The van der Waals surface area contributed by atoms with Gasteiger partial charge in [-0.15, -0.1) is 0 Å². The highest BCUT2D eigenvalue weighted by atomic mass is 16.4. The van der Waals surface area contributed by atoms with Crippen molar-refractivity contribution in [2.24, 2.45) is 11.7 Å². The molecule has 2 aromatic heterocycles. The summed E-state index contributed by atoms with van der Waals surface area (Å²) in [5.41, 5.74) is 13.0. The number of nitrogens with zero attached hydrogens (tertiary/aromatic N) is 2. The number of aromatic nitrogens is 3. The van der Waals surface area contributed by atoms with E-state index in [1.54, 1.807) is 18.3 Å². The van der Waals surface area contributed by atoms with Crippen molar-refractivity contribution in [1.29, 1.82) is 0 Å². The Bertz CT molecular complexity index is 1470. The van der Waals surface area contributed by atoms with Crippen molar-refractivity contribution in [1.82, 2.24) is 20.3 Å². The Hall–Kier alpha value is -5.05. The van der Waals surface area contributed by atoms with Crippen LogP contribution in [0.2, 0.25) is 0 Å². The third kappa shape index (κ3) is 7.13. The van der Waals surface area contributed by atoms with E-state index in [0.717, 1.165) is 5.56 Å². The number of hydrogen-bond acceptors (Lipinski definition) is 10. The lowest BCUT2D eigenvalue weighted by molar-refractivity contribution is -0.148. The lowest BCUT2D eigenvalue weighted by Gasteiger charge is -2.22. The Labute approximate surface area is 232 Å². The van der Waals surface area contributed by atoms with Crippen molar-refractivity contribution >= 4 is 46.6 Å². The lowest BCUT2D eigenvalue weighted by Crippen LogP contribution is -2.47. The molecule has 0 saturated heterocycles. The standard InChI is InChI=1S/C26H30N6O9/c1-2-13(15-10-29-21-19(15)23(37)32-26(28)31-21)11-3-5-12(6-4-11)22(36)30-17(7-8-18(33)34)20(35)14(24(38)39)9-16(27)25(40)41/h3-6,10,13-14,16-17H,2,7-9,27H2,1H3,(H,30,36)(H,33,34)(H,38,39)(H,40,41)(H4,28,29,31,32,37)/t13?,14?,16-,17-/m0/s1. The molecule has 10 N–H and O–H groups in total. The number of aromatic amines is 1. The number of nitrogen functional groups attached to an aromatic ring is 1. The molecule has 0 bridgehead atoms. The van der Waals surface area contributed by atoms with Gasteiger partial charge in [-0.1, -0.05) is 19.1 Å². The van der Waals surface area contributed by atoms with E-state index in [-0.39, 0.29) is 23.3 Å². The third-order valence-electron chi connectivity index (χ3n) is 6.66. The Morgan fingerprint density at radius 2 is 1.68 bits per heavy atom. The van der Waals surface area contributed by atoms with Crippen LogP contribution in [0.25, 0.3) is 11.0 Å². The highest BCUT2D eigenvalue weighted by Crippen LogP contribution is 2.36. The van der Waals surface area contributed by atoms with Crippen LogP contribution in [0.15, 0.2) is 30.5 Å². The number of aliphatic carboxylic acids is 3. The molecular formula is C26H30N6O9. The number of carboxylic acids is 3. The quantitative estimate of drug-likeness (QED) is 0.125. The van der Waals surface area contributed by atoms with E-state index in [0.29, 0.717) is 23.0 Å². The zero-order valence-electron chi connectivity index (χ0n) is 21.9. The number of carbonyl (C=O) groups excluding carboxylic acids is 2. The number of amides is 1. The van der Waals surface area contributed by atoms with Gasteiger partial charge in [0, 0.05) is 24.1 Å². The maximum absolute atomic E-state index is 13.0. The molecule has 218 valence electrons. The van der Waals surface area contributed by atoms with Crippen LogP contribution in [-0.4, -0.2) is 77.1 Å². The van der Waals surface area contributed by atoms with Gasteiger partial charge in [0.2, 0.25) is 11.8 Å². The molecule has 41 heavy (non-hydrogen) atoms. The van der Waals surface area contributed by atoms with Gasteiger partial charge in [0.05, 0.1) is 11.4 Å². The molecule has 0 aliphatic heterocycles. The number of benzene rings is 1. The molecular weight excluding hydrogens is 540 g/mol. The fourth-order valence-corrected chi connectivity index (χ4v) is 4.56. The molecule has 15 nitrogen and oxygen atoms in total. The zero-order chi connectivity index (χ0) is 30.4. The lowest BCUT2D eigenvalue weighted by atomic mass is 9.88. The van der Waals surface area contributed by atoms with E-state index in [2.05, 4.69) is 20.3 Å². The molecule has 0 aliphatic carbocycles. The van der Waals surface area contributed by atoms with Crippen LogP contribution in [0.4, 0.5) is 5.95 Å². The molecule has 0 radical (unpaired) electrons. The molecule has 0 fully saturated rings. The van der Waals surface area contributed by atoms with Crippen molar-refractivity contribution in [2.75, 3.05) is 5.73 Å². The first-order valence-corrected chi connectivity index (χ1v) is 12.5. The first-order chi connectivity index (χ1) is 19.3. The van der Waals surface area contributed by atoms with Crippen LogP contribution >= 0.6 is 0 Å². The average molecular weight is 571 g/mol. The second kappa shape index (κ2) is 12.9. The largest absolute Gasteiger partial charge is 0.493 e. The molecule has 3 rings (SSSR count). The number of H-pyrrole nitrogens is 1. The average Bonchev–Trinajstić information content (AvgIpc) is 3.33. The molecule has 15 heteroatoms. The van der Waals surface area contributed by atoms with Gasteiger partial charge in [-0.3, -0.25) is 24.0 Å². The topological polar surface area (TPSA) is 272 Å². The fourth-order valence-electron chi connectivity index (χ4n) is 4.56. The number of carboxylic acid groups (broad SMARTS) is 3. The number of fused-ring (bicyclic) bond motifs is 1. The van der Waals surface area contributed by atoms with Gasteiger partial charge >= 0.3 is 17.9 Å². The molecule has 0 saturated carbocycles. The normalized spacial score (nSPS) is 14.1. The molecule has 4 atom stereocenters. The van der Waals surface area contributed by atoms with Crippen molar-refractivity contribution in [2.45, 2.75) is 50.6 Å². The highest BCUT2D eigenvalue weighted by molar-refractivity contribution is 6.04. The van der Waals surface area contributed by atoms with Crippen molar-refractivity contribution < 1.29 is 44.4 Å². The van der Waals surface area contributed by atoms with Gasteiger partial charge in [-0.25, -0.2) is 0 Å². The molecule has 0 aliphatic rings. The SMILES string of the molecule is CCC(c1ccc(C(=O)N[C@@H](CCC(=O)O)C(=O)C(C[C@H](N)C(=O)O)C(=O)O)cc1)c1c[nH]c2nc(N)nc(O)c12. The van der Waals surface area contributed by atoms with Crippen molar-refractivity contribution in [3.05, 3.63) is 47.2 Å². The number of Topliss-reactive ketones (excluding diaryl/α,β-unsaturated/α-hetero) is 1. The summed E-state index contributed by atoms with van der Waals surface area (Å²) in [6.07, 6.45) is 0.567. The Kier molecular flexibility index (Phi) is 9.57. The van der Waals surface area contributed by atoms with E-state index < -0.39 is 66.9 Å². The van der Waals surface area contributed by atoms with Crippen LogP contribution in [-0.2, 0) is 19.2 Å². The predicted octanol–water partition coefficient (Wildman–Crippen LogP) is 0.823. The van der Waals surface area contributed by atoms with E-state index in [1.807, 2.05) is 6.92 Å². The van der Waals surface area contributed by atoms with E-state index in [9.17, 15) is 34.2 Å². The van der Waals surface area contributed by atoms with Crippen LogP contribution < -0.4 is 16.8 Å². The van der Waals surface area contributed by atoms with Crippen molar-refractivity contribution in [3.63, 3.8) is 0 Å². The number of carbonyl (C=O) groups is 5. The van der Waals surface area contributed by atoms with Crippen LogP contribution in [0, 0.1) is 5.92 Å². The second-order valence-corrected chi connectivity index (χ2v) is 9.39. The van der Waals surface area contributed by atoms with Crippen LogP contribution in [0.1, 0.15) is 60.0 Å². The van der Waals surface area contributed by atoms with Gasteiger partial charge in [0.25, 0.3) is 5.91 Å². The molecule has 1 aromatic carbocycles. The zero-order valence-corrected chi connectivity index (χ0v) is 21.9. The Morgan fingerprint density at radius 3 is 2.24 bits per heavy atom. The second-order valence-electron chi connectivity index (χ2n) is 9.39. The number of nitrogens with two attached hydrogens (primary N) is 2. The minimum atomic E-state index is -1.88. The first kappa shape index (κ1) is 30.5. The van der Waals surface area contributed by atoms with E-state index in [4.69, 9.17) is 21.7 Å². The Balaban J connectivity index is 1.84. The number of anilines is 1. The van der Waals surface area contributed by atoms with E-state index in [1.165, 1.54) is 12.1 Å².